The van der Waals surface area contributed by atoms with Crippen LogP contribution in [0.4, 0.5) is 0 Å². The molecule has 1 aliphatic heterocycles. The van der Waals surface area contributed by atoms with Crippen LogP contribution in [0.1, 0.15) is 90.7 Å². The summed E-state index contributed by atoms with van der Waals surface area (Å²) >= 11 is 0. The summed E-state index contributed by atoms with van der Waals surface area (Å²) < 4.78 is 5.41. The molecule has 2 aliphatic rings. The van der Waals surface area contributed by atoms with E-state index in [4.69, 9.17) is 4.74 Å². The molecule has 284 valence electrons. The topological polar surface area (TPSA) is 158 Å². The van der Waals surface area contributed by atoms with E-state index in [0.29, 0.717) is 44.8 Å². The van der Waals surface area contributed by atoms with Crippen LogP contribution in [0.25, 0.3) is 0 Å². The molecule has 0 aromatic heterocycles. The van der Waals surface area contributed by atoms with Gasteiger partial charge in [-0.05, 0) is 81.4 Å². The molecule has 5 N–H and O–H groups in total. The van der Waals surface area contributed by atoms with Crippen molar-refractivity contribution in [3.63, 3.8) is 0 Å². The molecule has 0 bridgehead atoms. The molecule has 5 atom stereocenters. The van der Waals surface area contributed by atoms with E-state index in [-0.39, 0.29) is 36.4 Å². The van der Waals surface area contributed by atoms with Gasteiger partial charge in [0.25, 0.3) is 0 Å². The number of aryl methyl sites for hydroxylation is 1. The van der Waals surface area contributed by atoms with Crippen LogP contribution in [0.2, 0.25) is 0 Å². The van der Waals surface area contributed by atoms with Crippen molar-refractivity contribution in [1.29, 1.82) is 0 Å². The van der Waals surface area contributed by atoms with Gasteiger partial charge >= 0.3 is 0 Å². The minimum atomic E-state index is -1.02. The zero-order valence-corrected chi connectivity index (χ0v) is 31.5. The van der Waals surface area contributed by atoms with E-state index in [2.05, 4.69) is 26.6 Å². The van der Waals surface area contributed by atoms with E-state index in [0.717, 1.165) is 17.7 Å². The molecular weight excluding hydrogens is 658 g/mol. The van der Waals surface area contributed by atoms with Crippen molar-refractivity contribution in [2.75, 3.05) is 13.2 Å². The average Bonchev–Trinajstić information content (AvgIpc) is 4.06. The summed E-state index contributed by atoms with van der Waals surface area (Å²) in [6.07, 6.45) is 5.12. The molecule has 0 spiro atoms. The molecule has 1 heterocycles. The van der Waals surface area contributed by atoms with E-state index in [1.165, 1.54) is 12.8 Å². The van der Waals surface area contributed by atoms with Gasteiger partial charge in [-0.1, -0.05) is 88.4 Å². The lowest BCUT2D eigenvalue weighted by Crippen LogP contribution is -2.59. The zero-order valence-electron chi connectivity index (χ0n) is 31.5. The first-order valence-corrected chi connectivity index (χ1v) is 19.0. The van der Waals surface area contributed by atoms with Crippen molar-refractivity contribution < 1.29 is 28.7 Å². The Bertz CT molecular complexity index is 1480. The number of hydrogen-bond donors (Lipinski definition) is 5. The van der Waals surface area contributed by atoms with Gasteiger partial charge in [0.15, 0.2) is 5.78 Å². The molecular formula is C41H59N5O6. The van der Waals surface area contributed by atoms with Gasteiger partial charge in [0.2, 0.25) is 23.6 Å². The minimum Gasteiger partial charge on any atom is -0.361 e. The van der Waals surface area contributed by atoms with Gasteiger partial charge in [-0.15, -0.1) is 0 Å². The maximum absolute atomic E-state index is 14.1. The fourth-order valence-electron chi connectivity index (χ4n) is 6.23. The predicted octanol–water partition coefficient (Wildman–Crippen LogP) is 3.78. The van der Waals surface area contributed by atoms with Gasteiger partial charge in [0, 0.05) is 18.9 Å². The minimum absolute atomic E-state index is 0.0288. The number of carbonyl (C=O) groups is 5. The fraction of sp³-hybridized carbons (Fsp3) is 0.585. The second-order valence-corrected chi connectivity index (χ2v) is 15.5. The quantitative estimate of drug-likeness (QED) is 0.0865. The van der Waals surface area contributed by atoms with Crippen molar-refractivity contribution in [3.8, 4) is 0 Å². The first kappa shape index (κ1) is 40.7. The van der Waals surface area contributed by atoms with Crippen LogP contribution in [0, 0.1) is 11.8 Å². The van der Waals surface area contributed by atoms with Gasteiger partial charge in [0.05, 0.1) is 12.6 Å². The number of amides is 4. The average molecular weight is 718 g/mol. The molecule has 4 amide bonds. The molecule has 4 rings (SSSR count). The maximum Gasteiger partial charge on any atom is 0.243 e. The standard InChI is InChI=1S/C41H59N5O6/c1-27(2)23-33(37(48)41(5)26-52-41)44-40(51)35(25-30-15-10-7-11-16-30)46-39(50)34(24-28(3)4)45-38(49)32(21-18-29-13-8-6-9-14-29)43-36(47)17-12-22-42-31-19-20-31/h6-11,13-16,27-28,31-35,42H,12,17-26H2,1-5H3,(H,43,47)(H,44,51)(H,45,49)(H,46,50)/t32-,33?,34?,35-,41?/m0/s1. The Morgan fingerprint density at radius 3 is 1.81 bits per heavy atom. The van der Waals surface area contributed by atoms with Crippen LogP contribution in [-0.2, 0) is 41.6 Å². The second kappa shape index (κ2) is 19.7. The lowest BCUT2D eigenvalue weighted by Gasteiger charge is -2.28. The number of benzene rings is 2. The molecule has 3 unspecified atom stereocenters. The smallest absolute Gasteiger partial charge is 0.243 e. The van der Waals surface area contributed by atoms with E-state index in [1.54, 1.807) is 6.92 Å². The molecule has 2 fully saturated rings. The third-order valence-electron chi connectivity index (χ3n) is 9.50. The number of ketones is 1. The molecule has 52 heavy (non-hydrogen) atoms. The van der Waals surface area contributed by atoms with Crippen LogP contribution in [-0.4, -0.2) is 78.4 Å². The molecule has 0 radical (unpaired) electrons. The van der Waals surface area contributed by atoms with Crippen LogP contribution in [0.5, 0.6) is 0 Å². The van der Waals surface area contributed by atoms with Crippen molar-refractivity contribution >= 4 is 29.4 Å². The lowest BCUT2D eigenvalue weighted by molar-refractivity contribution is -0.135. The van der Waals surface area contributed by atoms with Gasteiger partial charge < -0.3 is 31.3 Å². The largest absolute Gasteiger partial charge is 0.361 e. The van der Waals surface area contributed by atoms with E-state index in [9.17, 15) is 24.0 Å². The summed E-state index contributed by atoms with van der Waals surface area (Å²) in [5.74, 6) is -1.70. The van der Waals surface area contributed by atoms with Gasteiger partial charge in [0.1, 0.15) is 23.7 Å². The number of Topliss-reactive ketones (excluding diaryl/α,β-unsaturated/α-hetero) is 1. The third-order valence-corrected chi connectivity index (χ3v) is 9.50. The lowest BCUT2D eigenvalue weighted by atomic mass is 9.93. The van der Waals surface area contributed by atoms with Crippen molar-refractivity contribution in [2.24, 2.45) is 11.8 Å². The summed E-state index contributed by atoms with van der Waals surface area (Å²) in [7, 11) is 0. The summed E-state index contributed by atoms with van der Waals surface area (Å²) in [4.78, 5) is 68.2. The van der Waals surface area contributed by atoms with Crippen LogP contribution >= 0.6 is 0 Å². The molecule has 1 saturated carbocycles. The molecule has 2 aromatic carbocycles. The highest BCUT2D eigenvalue weighted by atomic mass is 16.6. The maximum atomic E-state index is 14.1. The summed E-state index contributed by atoms with van der Waals surface area (Å²) in [6, 6.07) is 16.0. The summed E-state index contributed by atoms with van der Waals surface area (Å²) in [6.45, 7) is 10.6. The Morgan fingerprint density at radius 2 is 1.23 bits per heavy atom. The number of nitrogens with one attached hydrogen (secondary N) is 5. The number of rotatable bonds is 23. The number of hydrogen-bond acceptors (Lipinski definition) is 7. The van der Waals surface area contributed by atoms with Crippen LogP contribution < -0.4 is 26.6 Å². The highest BCUT2D eigenvalue weighted by Gasteiger charge is 2.50. The Morgan fingerprint density at radius 1 is 0.712 bits per heavy atom. The molecule has 11 nitrogen and oxygen atoms in total. The van der Waals surface area contributed by atoms with Gasteiger partial charge in [-0.2, -0.15) is 0 Å². The second-order valence-electron chi connectivity index (χ2n) is 15.5. The first-order chi connectivity index (χ1) is 24.8. The van der Waals surface area contributed by atoms with E-state index < -0.39 is 47.5 Å². The zero-order chi connectivity index (χ0) is 37.7. The Hall–Kier alpha value is -4.09. The summed E-state index contributed by atoms with van der Waals surface area (Å²) in [5, 5.41) is 15.1. The van der Waals surface area contributed by atoms with Crippen LogP contribution in [0.15, 0.2) is 60.7 Å². The molecule has 11 heteroatoms. The van der Waals surface area contributed by atoms with E-state index in [1.807, 2.05) is 88.4 Å². The SMILES string of the molecule is CC(C)CC(NC(=O)[C@H](CCc1ccccc1)NC(=O)CCCNC1CC1)C(=O)N[C@@H](Cc1ccccc1)C(=O)NC(CC(C)C)C(=O)C1(C)CO1. The molecule has 2 aromatic rings. The van der Waals surface area contributed by atoms with Crippen molar-refractivity contribution in [1.82, 2.24) is 26.6 Å². The fourth-order valence-corrected chi connectivity index (χ4v) is 6.23. The van der Waals surface area contributed by atoms with Crippen molar-refractivity contribution in [2.45, 2.75) is 128 Å². The van der Waals surface area contributed by atoms with Gasteiger partial charge in [-0.3, -0.25) is 24.0 Å². The van der Waals surface area contributed by atoms with Crippen LogP contribution in [0.3, 0.4) is 0 Å². The Balaban J connectivity index is 1.48. The normalized spacial score (nSPS) is 18.9. The first-order valence-electron chi connectivity index (χ1n) is 19.0. The number of ether oxygens (including phenoxy) is 1. The molecule has 1 aliphatic carbocycles. The number of carbonyl (C=O) groups excluding carboxylic acids is 5. The highest BCUT2D eigenvalue weighted by Crippen LogP contribution is 2.29. The number of epoxide rings is 1. The van der Waals surface area contributed by atoms with Gasteiger partial charge in [-0.25, -0.2) is 0 Å². The van der Waals surface area contributed by atoms with Crippen molar-refractivity contribution in [3.05, 3.63) is 71.8 Å². The summed E-state index contributed by atoms with van der Waals surface area (Å²) in [5.41, 5.74) is 0.941. The molecule has 1 saturated heterocycles. The monoisotopic (exact) mass is 717 g/mol. The Kier molecular flexibility index (Phi) is 15.4. The van der Waals surface area contributed by atoms with E-state index >= 15 is 0 Å². The predicted molar refractivity (Wildman–Crippen MR) is 201 cm³/mol. The third kappa shape index (κ3) is 13.8. The highest BCUT2D eigenvalue weighted by molar-refractivity contribution is 5.98. The Labute approximate surface area is 309 Å².